The molecule has 0 spiro atoms. The number of nitrogens with one attached hydrogen (secondary N) is 2. The fourth-order valence-corrected chi connectivity index (χ4v) is 2.01. The smallest absolute Gasteiger partial charge is 0.270 e. The molecule has 98 valence electrons. The number of amides is 1. The van der Waals surface area contributed by atoms with Gasteiger partial charge in [0.15, 0.2) is 5.16 Å². The summed E-state index contributed by atoms with van der Waals surface area (Å²) >= 11 is 1.13. The van der Waals surface area contributed by atoms with Crippen molar-refractivity contribution in [2.24, 2.45) is 0 Å². The lowest BCUT2D eigenvalue weighted by atomic mass is 10.2. The molecular weight excluding hydrogens is 264 g/mol. The summed E-state index contributed by atoms with van der Waals surface area (Å²) in [5, 5.41) is 10.3. The lowest BCUT2D eigenvalue weighted by Gasteiger charge is -2.07. The van der Waals surface area contributed by atoms with Crippen LogP contribution in [0, 0.1) is 6.92 Å². The maximum absolute atomic E-state index is 11.8. The number of carbonyl (C=O) groups is 1. The van der Waals surface area contributed by atoms with Crippen LogP contribution in [-0.4, -0.2) is 26.8 Å². The van der Waals surface area contributed by atoms with E-state index in [1.54, 1.807) is 0 Å². The van der Waals surface area contributed by atoms with Crippen molar-refractivity contribution in [2.75, 3.05) is 11.1 Å². The predicted molar refractivity (Wildman–Crippen MR) is 73.2 cm³/mol. The summed E-state index contributed by atoms with van der Waals surface area (Å²) < 4.78 is 0. The lowest BCUT2D eigenvalue weighted by molar-refractivity contribution is -0.113. The number of para-hydroxylation sites is 1. The Morgan fingerprint density at radius 1 is 1.42 bits per heavy atom. The number of aryl methyl sites for hydroxylation is 1. The van der Waals surface area contributed by atoms with Crippen molar-refractivity contribution in [2.45, 2.75) is 12.1 Å². The second-order valence-corrected chi connectivity index (χ2v) is 4.75. The molecule has 0 saturated carbocycles. The van der Waals surface area contributed by atoms with E-state index in [1.165, 1.54) is 0 Å². The lowest BCUT2D eigenvalue weighted by Crippen LogP contribution is -2.16. The van der Waals surface area contributed by atoms with Crippen LogP contribution in [-0.2, 0) is 4.79 Å². The third-order valence-corrected chi connectivity index (χ3v) is 3.18. The number of H-pyrrole nitrogens is 1. The van der Waals surface area contributed by atoms with Crippen molar-refractivity contribution >= 4 is 23.4 Å². The van der Waals surface area contributed by atoms with Crippen molar-refractivity contribution in [1.82, 2.24) is 15.2 Å². The molecule has 1 heterocycles. The Morgan fingerprint density at radius 2 is 2.21 bits per heavy atom. The highest BCUT2D eigenvalue weighted by atomic mass is 32.2. The first-order valence-corrected chi connectivity index (χ1v) is 6.54. The first-order valence-electron chi connectivity index (χ1n) is 5.55. The fourth-order valence-electron chi connectivity index (χ4n) is 1.39. The average Bonchev–Trinajstić information content (AvgIpc) is 2.39. The Labute approximate surface area is 113 Å². The van der Waals surface area contributed by atoms with Gasteiger partial charge in [0.05, 0.1) is 5.75 Å². The summed E-state index contributed by atoms with van der Waals surface area (Å²) in [7, 11) is 0. The Balaban J connectivity index is 1.92. The van der Waals surface area contributed by atoms with Crippen LogP contribution >= 0.6 is 11.8 Å². The Bertz CT molecular complexity index is 641. The molecule has 19 heavy (non-hydrogen) atoms. The number of anilines is 1. The van der Waals surface area contributed by atoms with Gasteiger partial charge in [0.2, 0.25) is 5.91 Å². The third-order valence-electron chi connectivity index (χ3n) is 2.31. The van der Waals surface area contributed by atoms with Gasteiger partial charge in [-0.05, 0) is 18.6 Å². The van der Waals surface area contributed by atoms with Gasteiger partial charge in [0, 0.05) is 5.69 Å². The Kier molecular flexibility index (Phi) is 4.30. The molecule has 7 heteroatoms. The monoisotopic (exact) mass is 276 g/mol. The number of benzene rings is 1. The van der Waals surface area contributed by atoms with Crippen LogP contribution in [0.2, 0.25) is 0 Å². The minimum Gasteiger partial charge on any atom is -0.325 e. The summed E-state index contributed by atoms with van der Waals surface area (Å²) in [6.07, 6.45) is 1.08. The van der Waals surface area contributed by atoms with Gasteiger partial charge >= 0.3 is 0 Å². The van der Waals surface area contributed by atoms with Gasteiger partial charge in [-0.15, -0.1) is 5.10 Å². The molecule has 1 aromatic carbocycles. The van der Waals surface area contributed by atoms with Crippen LogP contribution in [0.25, 0.3) is 0 Å². The largest absolute Gasteiger partial charge is 0.325 e. The number of nitrogens with zero attached hydrogens (tertiary/aromatic N) is 2. The molecule has 2 N–H and O–H groups in total. The van der Waals surface area contributed by atoms with E-state index in [0.29, 0.717) is 5.16 Å². The summed E-state index contributed by atoms with van der Waals surface area (Å²) in [4.78, 5) is 25.2. The molecule has 0 aliphatic rings. The molecule has 2 aromatic rings. The number of aromatic nitrogens is 3. The van der Waals surface area contributed by atoms with Gasteiger partial charge in [-0.1, -0.05) is 30.0 Å². The van der Waals surface area contributed by atoms with Crippen molar-refractivity contribution in [3.63, 3.8) is 0 Å². The maximum atomic E-state index is 11.8. The molecule has 2 rings (SSSR count). The van der Waals surface area contributed by atoms with Crippen molar-refractivity contribution < 1.29 is 4.79 Å². The second kappa shape index (κ2) is 6.14. The first kappa shape index (κ1) is 13.3. The number of carbonyl (C=O) groups excluding carboxylic acids is 1. The highest BCUT2D eigenvalue weighted by Crippen LogP contribution is 2.15. The van der Waals surface area contributed by atoms with E-state index < -0.39 is 0 Å². The summed E-state index contributed by atoms with van der Waals surface area (Å²) in [5.74, 6) is -0.00557. The molecule has 0 aliphatic carbocycles. The quantitative estimate of drug-likeness (QED) is 0.819. The Hall–Kier alpha value is -2.15. The minimum atomic E-state index is -0.336. The van der Waals surface area contributed by atoms with Crippen LogP contribution in [0.15, 0.2) is 40.4 Å². The number of hydrogen-bond donors (Lipinski definition) is 2. The number of hydrogen-bond acceptors (Lipinski definition) is 5. The van der Waals surface area contributed by atoms with E-state index >= 15 is 0 Å². The third kappa shape index (κ3) is 3.92. The van der Waals surface area contributed by atoms with E-state index in [9.17, 15) is 9.59 Å². The van der Waals surface area contributed by atoms with Crippen LogP contribution in [0.4, 0.5) is 5.69 Å². The first-order chi connectivity index (χ1) is 9.15. The average molecular weight is 276 g/mol. The highest BCUT2D eigenvalue weighted by molar-refractivity contribution is 7.99. The zero-order valence-corrected chi connectivity index (χ0v) is 11.0. The highest BCUT2D eigenvalue weighted by Gasteiger charge is 2.06. The van der Waals surface area contributed by atoms with Crippen molar-refractivity contribution in [3.05, 3.63) is 46.4 Å². The maximum Gasteiger partial charge on any atom is 0.270 e. The van der Waals surface area contributed by atoms with Gasteiger partial charge < -0.3 is 5.32 Å². The normalized spacial score (nSPS) is 10.2. The zero-order valence-electron chi connectivity index (χ0n) is 10.2. The molecule has 0 unspecified atom stereocenters. The van der Waals surface area contributed by atoms with E-state index in [0.717, 1.165) is 29.2 Å². The molecule has 0 bridgehead atoms. The van der Waals surface area contributed by atoms with Gasteiger partial charge in [-0.25, -0.2) is 0 Å². The van der Waals surface area contributed by atoms with Crippen LogP contribution in [0.5, 0.6) is 0 Å². The Morgan fingerprint density at radius 3 is 2.95 bits per heavy atom. The summed E-state index contributed by atoms with van der Waals surface area (Å²) in [6, 6.07) is 7.52. The van der Waals surface area contributed by atoms with E-state index in [1.807, 2.05) is 31.2 Å². The van der Waals surface area contributed by atoms with Crippen molar-refractivity contribution in [3.8, 4) is 0 Å². The molecule has 0 fully saturated rings. The zero-order chi connectivity index (χ0) is 13.7. The van der Waals surface area contributed by atoms with Crippen LogP contribution in [0.1, 0.15) is 5.56 Å². The molecule has 6 nitrogen and oxygen atoms in total. The van der Waals surface area contributed by atoms with Gasteiger partial charge in [0.1, 0.15) is 6.20 Å². The van der Waals surface area contributed by atoms with Crippen LogP contribution < -0.4 is 10.9 Å². The van der Waals surface area contributed by atoms with Gasteiger partial charge in [0.25, 0.3) is 5.56 Å². The number of rotatable bonds is 4. The topological polar surface area (TPSA) is 87.7 Å². The molecule has 1 aromatic heterocycles. The molecule has 0 aliphatic heterocycles. The van der Waals surface area contributed by atoms with E-state index in [-0.39, 0.29) is 17.2 Å². The van der Waals surface area contributed by atoms with Gasteiger partial charge in [-0.2, -0.15) is 5.10 Å². The summed E-state index contributed by atoms with van der Waals surface area (Å²) in [6.45, 7) is 1.92. The minimum absolute atomic E-state index is 0.156. The molecule has 0 radical (unpaired) electrons. The van der Waals surface area contributed by atoms with Crippen LogP contribution in [0.3, 0.4) is 0 Å². The van der Waals surface area contributed by atoms with Gasteiger partial charge in [-0.3, -0.25) is 14.6 Å². The van der Waals surface area contributed by atoms with E-state index in [4.69, 9.17) is 0 Å². The van der Waals surface area contributed by atoms with E-state index in [2.05, 4.69) is 20.5 Å². The molecule has 0 atom stereocenters. The predicted octanol–water partition coefficient (Wildman–Crippen LogP) is 1.20. The van der Waals surface area contributed by atoms with Crippen molar-refractivity contribution in [1.29, 1.82) is 0 Å². The summed E-state index contributed by atoms with van der Waals surface area (Å²) in [5.41, 5.74) is 1.44. The SMILES string of the molecule is Cc1ccccc1NC(=O)CSc1nncc(=O)[nH]1. The number of aromatic amines is 1. The molecular formula is C12H12N4O2S. The molecule has 0 saturated heterocycles. The fraction of sp³-hybridized carbons (Fsp3) is 0.167. The standard InChI is InChI=1S/C12H12N4O2S/c1-8-4-2-3-5-9(8)14-11(18)7-19-12-15-10(17)6-13-16-12/h2-6H,7H2,1H3,(H,14,18)(H,15,16,17). The number of thioether (sulfide) groups is 1. The second-order valence-electron chi connectivity index (χ2n) is 3.79. The molecule has 1 amide bonds.